The van der Waals surface area contributed by atoms with Crippen LogP contribution >= 0.6 is 0 Å². The third kappa shape index (κ3) is 5.00. The van der Waals surface area contributed by atoms with E-state index in [1.54, 1.807) is 24.3 Å². The van der Waals surface area contributed by atoms with Gasteiger partial charge in [-0.05, 0) is 54.1 Å². The van der Waals surface area contributed by atoms with Crippen molar-refractivity contribution in [3.8, 4) is 16.9 Å². The maximum atomic E-state index is 14.3. The fraction of sp³-hybridized carbons (Fsp3) is 0.136. The van der Waals surface area contributed by atoms with Crippen molar-refractivity contribution in [1.29, 1.82) is 0 Å². The van der Waals surface area contributed by atoms with Crippen LogP contribution in [0.2, 0.25) is 0 Å². The van der Waals surface area contributed by atoms with E-state index in [9.17, 15) is 22.0 Å². The lowest BCUT2D eigenvalue weighted by Crippen LogP contribution is -2.26. The van der Waals surface area contributed by atoms with Crippen LogP contribution in [0.3, 0.4) is 0 Å². The zero-order valence-electron chi connectivity index (χ0n) is 17.0. The number of hydrogen-bond donors (Lipinski definition) is 1. The van der Waals surface area contributed by atoms with Crippen molar-refractivity contribution < 1.29 is 26.7 Å². The predicted molar refractivity (Wildman–Crippen MR) is 116 cm³/mol. The first-order valence-electron chi connectivity index (χ1n) is 9.09. The van der Waals surface area contributed by atoms with Crippen LogP contribution in [0.5, 0.6) is 5.75 Å². The lowest BCUT2D eigenvalue weighted by molar-refractivity contribution is 0.102. The van der Waals surface area contributed by atoms with Crippen LogP contribution in [0, 0.1) is 11.6 Å². The summed E-state index contributed by atoms with van der Waals surface area (Å²) in [5.41, 5.74) is 1.10. The monoisotopic (exact) mass is 446 g/mol. The van der Waals surface area contributed by atoms with Gasteiger partial charge in [-0.25, -0.2) is 17.2 Å². The highest BCUT2D eigenvalue weighted by molar-refractivity contribution is 7.92. The van der Waals surface area contributed by atoms with Crippen LogP contribution < -0.4 is 14.4 Å². The number of halogens is 2. The number of benzene rings is 3. The van der Waals surface area contributed by atoms with Crippen LogP contribution in [0.1, 0.15) is 10.4 Å². The predicted octanol–water partition coefficient (Wildman–Crippen LogP) is 4.29. The highest BCUT2D eigenvalue weighted by Crippen LogP contribution is 2.34. The van der Waals surface area contributed by atoms with E-state index in [0.717, 1.165) is 22.7 Å². The molecule has 0 spiro atoms. The van der Waals surface area contributed by atoms with E-state index >= 15 is 0 Å². The molecule has 0 fully saturated rings. The van der Waals surface area contributed by atoms with E-state index < -0.39 is 27.6 Å². The quantitative estimate of drug-likeness (QED) is 0.613. The fourth-order valence-electron chi connectivity index (χ4n) is 2.92. The van der Waals surface area contributed by atoms with Gasteiger partial charge in [-0.3, -0.25) is 9.10 Å². The second-order valence-corrected chi connectivity index (χ2v) is 8.78. The van der Waals surface area contributed by atoms with E-state index in [-0.39, 0.29) is 16.9 Å². The summed E-state index contributed by atoms with van der Waals surface area (Å²) < 4.78 is 57.7. The number of hydrogen-bond acceptors (Lipinski definition) is 4. The SMILES string of the molecule is COc1ccc(C(=O)Nc2cc(-c3ccc(F)cc3F)ccc2N(C)S(C)(=O)=O)cc1. The first-order chi connectivity index (χ1) is 14.6. The van der Waals surface area contributed by atoms with Crippen molar-refractivity contribution in [2.24, 2.45) is 0 Å². The number of carbonyl (C=O) groups excluding carboxylic acids is 1. The van der Waals surface area contributed by atoms with E-state index in [0.29, 0.717) is 16.9 Å². The van der Waals surface area contributed by atoms with Gasteiger partial charge in [0.2, 0.25) is 10.0 Å². The summed E-state index contributed by atoms with van der Waals surface area (Å²) in [6, 6.07) is 13.9. The normalized spacial score (nSPS) is 11.1. The molecule has 0 aliphatic carbocycles. The summed E-state index contributed by atoms with van der Waals surface area (Å²) >= 11 is 0. The van der Waals surface area contributed by atoms with E-state index in [1.165, 1.54) is 38.4 Å². The largest absolute Gasteiger partial charge is 0.497 e. The molecule has 31 heavy (non-hydrogen) atoms. The van der Waals surface area contributed by atoms with Gasteiger partial charge >= 0.3 is 0 Å². The van der Waals surface area contributed by atoms with Gasteiger partial charge in [0.25, 0.3) is 5.91 Å². The number of nitrogens with zero attached hydrogens (tertiary/aromatic N) is 1. The Morgan fingerprint density at radius 2 is 1.68 bits per heavy atom. The minimum absolute atomic E-state index is 0.106. The topological polar surface area (TPSA) is 75.7 Å². The Hall–Kier alpha value is -3.46. The Kier molecular flexibility index (Phi) is 6.26. The Morgan fingerprint density at radius 1 is 1.00 bits per heavy atom. The van der Waals surface area contributed by atoms with Gasteiger partial charge in [0.05, 0.1) is 24.7 Å². The average Bonchev–Trinajstić information content (AvgIpc) is 2.72. The average molecular weight is 446 g/mol. The third-order valence-corrected chi connectivity index (χ3v) is 5.87. The number of sulfonamides is 1. The van der Waals surface area contributed by atoms with Gasteiger partial charge < -0.3 is 10.1 Å². The summed E-state index contributed by atoms with van der Waals surface area (Å²) in [6.07, 6.45) is 1.02. The fourth-order valence-corrected chi connectivity index (χ4v) is 3.43. The number of methoxy groups -OCH3 is 1. The van der Waals surface area contributed by atoms with Crippen molar-refractivity contribution in [2.75, 3.05) is 30.0 Å². The van der Waals surface area contributed by atoms with Crippen LogP contribution in [0.15, 0.2) is 60.7 Å². The Labute approximate surface area is 179 Å². The second-order valence-electron chi connectivity index (χ2n) is 6.77. The molecule has 3 aromatic carbocycles. The first kappa shape index (κ1) is 22.2. The number of carbonyl (C=O) groups is 1. The Balaban J connectivity index is 2.06. The first-order valence-corrected chi connectivity index (χ1v) is 10.9. The van der Waals surface area contributed by atoms with Crippen LogP contribution in [-0.4, -0.2) is 34.7 Å². The molecular weight excluding hydrogens is 426 g/mol. The highest BCUT2D eigenvalue weighted by Gasteiger charge is 2.19. The number of anilines is 2. The van der Waals surface area contributed by atoms with Gasteiger partial charge in [0.15, 0.2) is 0 Å². The standard InChI is InChI=1S/C22H20F2N2O4S/c1-26(31(3,28)29)21-11-6-15(18-10-7-16(23)13-19(18)24)12-20(21)25-22(27)14-4-8-17(30-2)9-5-14/h4-13H,1-3H3,(H,25,27). The van der Waals surface area contributed by atoms with Gasteiger partial charge in [0.1, 0.15) is 17.4 Å². The van der Waals surface area contributed by atoms with Gasteiger partial charge in [-0.1, -0.05) is 6.07 Å². The molecule has 0 saturated carbocycles. The molecule has 0 bridgehead atoms. The van der Waals surface area contributed by atoms with Crippen LogP contribution in [0.4, 0.5) is 20.2 Å². The molecular formula is C22H20F2N2O4S. The molecule has 1 N–H and O–H groups in total. The smallest absolute Gasteiger partial charge is 0.255 e. The molecule has 0 atom stereocenters. The molecule has 0 heterocycles. The van der Waals surface area contributed by atoms with Crippen LogP contribution in [-0.2, 0) is 10.0 Å². The summed E-state index contributed by atoms with van der Waals surface area (Å²) in [7, 11) is -0.796. The zero-order valence-corrected chi connectivity index (χ0v) is 17.8. The molecule has 0 aliphatic heterocycles. The molecule has 0 radical (unpaired) electrons. The lowest BCUT2D eigenvalue weighted by atomic mass is 10.0. The van der Waals surface area contributed by atoms with Crippen molar-refractivity contribution in [1.82, 2.24) is 0 Å². The molecule has 0 aromatic heterocycles. The number of rotatable bonds is 6. The van der Waals surface area contributed by atoms with Crippen molar-refractivity contribution in [2.45, 2.75) is 0 Å². The van der Waals surface area contributed by atoms with Gasteiger partial charge in [-0.2, -0.15) is 0 Å². The lowest BCUT2D eigenvalue weighted by Gasteiger charge is -2.21. The molecule has 9 heteroatoms. The number of ether oxygens (including phenoxy) is 1. The Morgan fingerprint density at radius 3 is 2.26 bits per heavy atom. The summed E-state index contributed by atoms with van der Waals surface area (Å²) in [5, 5.41) is 2.68. The van der Waals surface area contributed by atoms with Crippen molar-refractivity contribution >= 4 is 27.3 Å². The third-order valence-electron chi connectivity index (χ3n) is 4.68. The Bertz CT molecular complexity index is 1230. The van der Waals surface area contributed by atoms with E-state index in [1.807, 2.05) is 0 Å². The highest BCUT2D eigenvalue weighted by atomic mass is 32.2. The molecule has 0 unspecified atom stereocenters. The molecule has 0 aliphatic rings. The second kappa shape index (κ2) is 8.73. The van der Waals surface area contributed by atoms with Crippen molar-refractivity contribution in [3.05, 3.63) is 77.9 Å². The molecule has 3 rings (SSSR count). The number of amides is 1. The van der Waals surface area contributed by atoms with Gasteiger partial charge in [0, 0.05) is 24.2 Å². The maximum Gasteiger partial charge on any atom is 0.255 e. The maximum absolute atomic E-state index is 14.3. The summed E-state index contributed by atoms with van der Waals surface area (Å²) in [5.74, 6) is -1.43. The minimum atomic E-state index is -3.64. The molecule has 3 aromatic rings. The molecule has 1 amide bonds. The van der Waals surface area contributed by atoms with Gasteiger partial charge in [-0.15, -0.1) is 0 Å². The summed E-state index contributed by atoms with van der Waals surface area (Å²) in [6.45, 7) is 0. The molecule has 0 saturated heterocycles. The van der Waals surface area contributed by atoms with E-state index in [4.69, 9.17) is 4.74 Å². The minimum Gasteiger partial charge on any atom is -0.497 e. The zero-order chi connectivity index (χ0) is 22.8. The molecule has 162 valence electrons. The number of nitrogens with one attached hydrogen (secondary N) is 1. The van der Waals surface area contributed by atoms with Crippen molar-refractivity contribution in [3.63, 3.8) is 0 Å². The van der Waals surface area contributed by atoms with Crippen LogP contribution in [0.25, 0.3) is 11.1 Å². The molecule has 6 nitrogen and oxygen atoms in total. The van der Waals surface area contributed by atoms with E-state index in [2.05, 4.69) is 5.32 Å². The summed E-state index contributed by atoms with van der Waals surface area (Å²) in [4.78, 5) is 12.8.